The summed E-state index contributed by atoms with van der Waals surface area (Å²) in [5, 5.41) is 4.60. The molecule has 9 heteroatoms. The molecule has 0 saturated heterocycles. The Hall–Kier alpha value is -1.70. The second-order valence-corrected chi connectivity index (χ2v) is 6.87. The summed E-state index contributed by atoms with van der Waals surface area (Å²) in [4.78, 5) is 11.7. The number of carbonyl (C=O) groups excluding carboxylic acids is 1. The van der Waals surface area contributed by atoms with Gasteiger partial charge in [-0.2, -0.15) is 18.3 Å². The second kappa shape index (κ2) is 9.30. The number of halogens is 5. The zero-order valence-corrected chi connectivity index (χ0v) is 15.5. The number of hydrogen-bond donors (Lipinski definition) is 1. The molecule has 1 amide bonds. The van der Waals surface area contributed by atoms with E-state index in [0.29, 0.717) is 15.8 Å². The van der Waals surface area contributed by atoms with Gasteiger partial charge in [0.2, 0.25) is 5.91 Å². The van der Waals surface area contributed by atoms with Crippen LogP contribution in [0.4, 0.5) is 13.2 Å². The summed E-state index contributed by atoms with van der Waals surface area (Å²) in [7, 11) is 0. The standard InChI is InChI=1S/C17H13Cl2F3N2OS/c18-14-6-3-7-15(19)12(14)9-26-10-16(25)24-23-8-11-4-1-2-5-13(11)17(20,21)22/h1-8H,9-10H2,(H,24,25)/b23-8-. The summed E-state index contributed by atoms with van der Waals surface area (Å²) in [5.74, 6) is 0.0331. The molecule has 0 saturated carbocycles. The van der Waals surface area contributed by atoms with Gasteiger partial charge < -0.3 is 0 Å². The van der Waals surface area contributed by atoms with E-state index in [2.05, 4.69) is 10.5 Å². The van der Waals surface area contributed by atoms with Crippen molar-refractivity contribution in [2.24, 2.45) is 5.10 Å². The molecule has 2 aromatic rings. The fourth-order valence-electron chi connectivity index (χ4n) is 1.99. The lowest BCUT2D eigenvalue weighted by molar-refractivity contribution is -0.137. The average molecular weight is 421 g/mol. The molecule has 0 spiro atoms. The molecule has 2 aromatic carbocycles. The van der Waals surface area contributed by atoms with Gasteiger partial charge in [0.15, 0.2) is 0 Å². The van der Waals surface area contributed by atoms with E-state index in [0.717, 1.165) is 17.8 Å². The normalized spacial score (nSPS) is 11.7. The van der Waals surface area contributed by atoms with Crippen molar-refractivity contribution in [3.05, 3.63) is 69.2 Å². The smallest absolute Gasteiger partial charge is 0.272 e. The SMILES string of the molecule is O=C(CSCc1c(Cl)cccc1Cl)N/N=C\c1ccccc1C(F)(F)F. The van der Waals surface area contributed by atoms with Crippen molar-refractivity contribution in [2.45, 2.75) is 11.9 Å². The summed E-state index contributed by atoms with van der Waals surface area (Å²) in [6, 6.07) is 10.1. The molecule has 26 heavy (non-hydrogen) atoms. The Balaban J connectivity index is 1.87. The van der Waals surface area contributed by atoms with Crippen molar-refractivity contribution >= 4 is 47.1 Å². The van der Waals surface area contributed by atoms with Crippen molar-refractivity contribution in [3.8, 4) is 0 Å². The van der Waals surface area contributed by atoms with Crippen molar-refractivity contribution < 1.29 is 18.0 Å². The van der Waals surface area contributed by atoms with Gasteiger partial charge in [-0.3, -0.25) is 4.79 Å². The Morgan fingerprint density at radius 3 is 2.42 bits per heavy atom. The third-order valence-corrected chi connectivity index (χ3v) is 4.87. The first-order valence-corrected chi connectivity index (χ1v) is 9.19. The van der Waals surface area contributed by atoms with Gasteiger partial charge in [-0.1, -0.05) is 47.5 Å². The summed E-state index contributed by atoms with van der Waals surface area (Å²) in [6.07, 6.45) is -3.52. The van der Waals surface area contributed by atoms with E-state index in [1.807, 2.05) is 0 Å². The van der Waals surface area contributed by atoms with Crippen LogP contribution in [0.3, 0.4) is 0 Å². The third-order valence-electron chi connectivity index (χ3n) is 3.20. The maximum Gasteiger partial charge on any atom is 0.417 e. The van der Waals surface area contributed by atoms with E-state index in [1.54, 1.807) is 18.2 Å². The van der Waals surface area contributed by atoms with Gasteiger partial charge in [0, 0.05) is 21.4 Å². The number of rotatable bonds is 6. The predicted molar refractivity (Wildman–Crippen MR) is 99.8 cm³/mol. The Bertz CT molecular complexity index is 793. The largest absolute Gasteiger partial charge is 0.417 e. The lowest BCUT2D eigenvalue weighted by Gasteiger charge is -2.09. The molecule has 0 aliphatic rings. The lowest BCUT2D eigenvalue weighted by atomic mass is 10.1. The molecule has 0 fully saturated rings. The molecule has 3 nitrogen and oxygen atoms in total. The zero-order chi connectivity index (χ0) is 19.2. The molecule has 0 aliphatic heterocycles. The fourth-order valence-corrected chi connectivity index (χ4v) is 3.55. The summed E-state index contributed by atoms with van der Waals surface area (Å²) in [5.41, 5.74) is 1.97. The summed E-state index contributed by atoms with van der Waals surface area (Å²) in [6.45, 7) is 0. The molecule has 1 N–H and O–H groups in total. The van der Waals surface area contributed by atoms with E-state index < -0.39 is 17.6 Å². The van der Waals surface area contributed by atoms with E-state index in [4.69, 9.17) is 23.2 Å². The predicted octanol–water partition coefficient (Wildman–Crippen LogP) is 5.40. The minimum absolute atomic E-state index is 0.0554. The van der Waals surface area contributed by atoms with Gasteiger partial charge in [-0.25, -0.2) is 5.43 Å². The first kappa shape index (κ1) is 20.6. The van der Waals surface area contributed by atoms with Crippen LogP contribution < -0.4 is 5.43 Å². The van der Waals surface area contributed by atoms with Crippen molar-refractivity contribution in [3.63, 3.8) is 0 Å². The van der Waals surface area contributed by atoms with Crippen LogP contribution in [0, 0.1) is 0 Å². The highest BCUT2D eigenvalue weighted by atomic mass is 35.5. The van der Waals surface area contributed by atoms with E-state index in [9.17, 15) is 18.0 Å². The minimum atomic E-state index is -4.49. The first-order valence-electron chi connectivity index (χ1n) is 7.28. The van der Waals surface area contributed by atoms with E-state index in [-0.39, 0.29) is 11.3 Å². The van der Waals surface area contributed by atoms with Gasteiger partial charge in [-0.05, 0) is 23.8 Å². The molecule has 0 heterocycles. The average Bonchev–Trinajstić information content (AvgIpc) is 2.57. The molecule has 0 aromatic heterocycles. The maximum absolute atomic E-state index is 12.9. The Kier molecular flexibility index (Phi) is 7.37. The number of amides is 1. The Labute approximate surface area is 162 Å². The van der Waals surface area contributed by atoms with Gasteiger partial charge in [0.05, 0.1) is 17.5 Å². The van der Waals surface area contributed by atoms with Crippen molar-refractivity contribution in [2.75, 3.05) is 5.75 Å². The second-order valence-electron chi connectivity index (χ2n) is 5.07. The van der Waals surface area contributed by atoms with Crippen LogP contribution >= 0.6 is 35.0 Å². The number of hydrogen-bond acceptors (Lipinski definition) is 3. The Morgan fingerprint density at radius 2 is 1.77 bits per heavy atom. The van der Waals surface area contributed by atoms with Crippen LogP contribution in [0.25, 0.3) is 0 Å². The number of nitrogens with one attached hydrogen (secondary N) is 1. The third kappa shape index (κ3) is 5.93. The minimum Gasteiger partial charge on any atom is -0.272 e. The summed E-state index contributed by atoms with van der Waals surface area (Å²) >= 11 is 13.3. The van der Waals surface area contributed by atoms with Gasteiger partial charge >= 0.3 is 6.18 Å². The van der Waals surface area contributed by atoms with Crippen LogP contribution in [-0.2, 0) is 16.7 Å². The molecule has 2 rings (SSSR count). The molecular weight excluding hydrogens is 408 g/mol. The van der Waals surface area contributed by atoms with Crippen LogP contribution in [-0.4, -0.2) is 17.9 Å². The highest BCUT2D eigenvalue weighted by Crippen LogP contribution is 2.31. The molecule has 0 atom stereocenters. The molecule has 0 bridgehead atoms. The maximum atomic E-state index is 12.9. The first-order chi connectivity index (χ1) is 12.3. The number of hydrazone groups is 1. The fraction of sp³-hybridized carbons (Fsp3) is 0.176. The molecule has 0 aliphatic carbocycles. The van der Waals surface area contributed by atoms with E-state index >= 15 is 0 Å². The van der Waals surface area contributed by atoms with Crippen LogP contribution in [0.5, 0.6) is 0 Å². The number of thioether (sulfide) groups is 1. The number of nitrogens with zero attached hydrogens (tertiary/aromatic N) is 1. The van der Waals surface area contributed by atoms with Gasteiger partial charge in [-0.15, -0.1) is 11.8 Å². The van der Waals surface area contributed by atoms with Gasteiger partial charge in [0.25, 0.3) is 0 Å². The molecule has 0 unspecified atom stereocenters. The molecule has 138 valence electrons. The van der Waals surface area contributed by atoms with Crippen molar-refractivity contribution in [1.29, 1.82) is 0 Å². The quantitative estimate of drug-likeness (QED) is 0.502. The highest BCUT2D eigenvalue weighted by molar-refractivity contribution is 7.99. The van der Waals surface area contributed by atoms with Crippen molar-refractivity contribution in [1.82, 2.24) is 5.43 Å². The zero-order valence-electron chi connectivity index (χ0n) is 13.2. The van der Waals surface area contributed by atoms with Crippen LogP contribution in [0.1, 0.15) is 16.7 Å². The topological polar surface area (TPSA) is 41.5 Å². The molecule has 0 radical (unpaired) electrons. The Morgan fingerprint density at radius 1 is 1.12 bits per heavy atom. The number of benzene rings is 2. The molecular formula is C17H13Cl2F3N2OS. The highest BCUT2D eigenvalue weighted by Gasteiger charge is 2.32. The summed E-state index contributed by atoms with van der Waals surface area (Å²) < 4.78 is 38.6. The lowest BCUT2D eigenvalue weighted by Crippen LogP contribution is -2.20. The monoisotopic (exact) mass is 420 g/mol. The van der Waals surface area contributed by atoms with Gasteiger partial charge in [0.1, 0.15) is 0 Å². The number of carbonyl (C=O) groups is 1. The van der Waals surface area contributed by atoms with Crippen LogP contribution in [0.15, 0.2) is 47.6 Å². The number of alkyl halides is 3. The van der Waals surface area contributed by atoms with Crippen LogP contribution in [0.2, 0.25) is 10.0 Å². The van der Waals surface area contributed by atoms with E-state index in [1.165, 1.54) is 30.0 Å².